The summed E-state index contributed by atoms with van der Waals surface area (Å²) in [6, 6.07) is 8.40. The van der Waals surface area contributed by atoms with Gasteiger partial charge in [-0.05, 0) is 18.6 Å². The summed E-state index contributed by atoms with van der Waals surface area (Å²) in [6.07, 6.45) is 0.888. The summed E-state index contributed by atoms with van der Waals surface area (Å²) >= 11 is 0. The Morgan fingerprint density at radius 3 is 2.95 bits per heavy atom. The molecule has 2 aromatic heterocycles. The zero-order valence-electron chi connectivity index (χ0n) is 11.1. The van der Waals surface area contributed by atoms with Crippen LogP contribution < -0.4 is 0 Å². The van der Waals surface area contributed by atoms with Crippen LogP contribution in [0.4, 0.5) is 4.39 Å². The predicted octanol–water partition coefficient (Wildman–Crippen LogP) is 2.93. The average molecular weight is 285 g/mol. The van der Waals surface area contributed by atoms with Gasteiger partial charge in [-0.15, -0.1) is 0 Å². The van der Waals surface area contributed by atoms with Crippen LogP contribution in [0.3, 0.4) is 0 Å². The number of nitrogens with zero attached hydrogens (tertiary/aromatic N) is 3. The fraction of sp³-hybridized carbons (Fsp3) is 0.267. The van der Waals surface area contributed by atoms with Crippen molar-refractivity contribution in [3.8, 4) is 11.6 Å². The zero-order valence-corrected chi connectivity index (χ0v) is 11.1. The van der Waals surface area contributed by atoms with Gasteiger partial charge in [0.15, 0.2) is 5.82 Å². The number of fused-ring (bicyclic) bond motifs is 1. The highest BCUT2D eigenvalue weighted by atomic mass is 19.1. The highest BCUT2D eigenvalue weighted by molar-refractivity contribution is 5.81. The normalized spacial score (nSPS) is 18.4. The summed E-state index contributed by atoms with van der Waals surface area (Å²) in [5, 5.41) is 4.72. The molecule has 106 valence electrons. The van der Waals surface area contributed by atoms with Crippen molar-refractivity contribution < 1.29 is 13.7 Å². The Labute approximate surface area is 119 Å². The Balaban J connectivity index is 1.74. The second kappa shape index (κ2) is 4.89. The van der Waals surface area contributed by atoms with Crippen LogP contribution in [-0.4, -0.2) is 28.3 Å². The van der Waals surface area contributed by atoms with Crippen molar-refractivity contribution >= 4 is 10.9 Å². The summed E-state index contributed by atoms with van der Waals surface area (Å²) < 4.78 is 24.4. The van der Waals surface area contributed by atoms with E-state index in [0.717, 1.165) is 11.8 Å². The van der Waals surface area contributed by atoms with Gasteiger partial charge in [0.25, 0.3) is 5.89 Å². The van der Waals surface area contributed by atoms with Gasteiger partial charge in [0.2, 0.25) is 0 Å². The molecule has 21 heavy (non-hydrogen) atoms. The van der Waals surface area contributed by atoms with Crippen molar-refractivity contribution in [2.45, 2.75) is 12.3 Å². The van der Waals surface area contributed by atoms with Crippen LogP contribution in [0.15, 0.2) is 34.9 Å². The number of aromatic nitrogens is 3. The monoisotopic (exact) mass is 285 g/mol. The first-order valence-electron chi connectivity index (χ1n) is 6.78. The maximum Gasteiger partial charge on any atom is 0.276 e. The standard InChI is InChI=1S/C15H12FN3O2/c16-11-3-1-2-9-4-5-12(17-13(9)11)15-18-14(19-21-15)10-6-7-20-8-10/h1-5,10H,6-8H2/t10-/m1/s1. The number of hydrogen-bond donors (Lipinski definition) is 0. The molecule has 0 amide bonds. The lowest BCUT2D eigenvalue weighted by Gasteiger charge is -2.00. The summed E-state index contributed by atoms with van der Waals surface area (Å²) in [5.74, 6) is 0.734. The molecule has 0 bridgehead atoms. The van der Waals surface area contributed by atoms with Crippen LogP contribution in [0.5, 0.6) is 0 Å². The number of benzene rings is 1. The molecule has 3 aromatic rings. The number of ether oxygens (including phenoxy) is 1. The highest BCUT2D eigenvalue weighted by Gasteiger charge is 2.23. The molecule has 0 saturated carbocycles. The van der Waals surface area contributed by atoms with Gasteiger partial charge < -0.3 is 9.26 Å². The molecule has 0 N–H and O–H groups in total. The second-order valence-electron chi connectivity index (χ2n) is 5.03. The van der Waals surface area contributed by atoms with E-state index in [1.807, 2.05) is 6.07 Å². The van der Waals surface area contributed by atoms with Gasteiger partial charge in [-0.25, -0.2) is 9.37 Å². The van der Waals surface area contributed by atoms with Gasteiger partial charge in [0.05, 0.1) is 6.61 Å². The topological polar surface area (TPSA) is 61.0 Å². The third-order valence-electron chi connectivity index (χ3n) is 3.63. The van der Waals surface area contributed by atoms with Crippen molar-refractivity contribution in [3.05, 3.63) is 42.0 Å². The molecule has 1 saturated heterocycles. The van der Waals surface area contributed by atoms with Crippen LogP contribution in [-0.2, 0) is 4.74 Å². The fourth-order valence-electron chi connectivity index (χ4n) is 2.47. The number of pyridine rings is 1. The van der Waals surface area contributed by atoms with E-state index in [0.29, 0.717) is 36.1 Å². The SMILES string of the molecule is Fc1cccc2ccc(-c3nc([C@@H]4CCOC4)no3)nc12. The largest absolute Gasteiger partial charge is 0.381 e. The van der Waals surface area contributed by atoms with E-state index in [1.165, 1.54) is 6.07 Å². The molecule has 1 atom stereocenters. The third kappa shape index (κ3) is 2.17. The van der Waals surface area contributed by atoms with Gasteiger partial charge in [-0.2, -0.15) is 4.98 Å². The quantitative estimate of drug-likeness (QED) is 0.724. The predicted molar refractivity (Wildman–Crippen MR) is 73.2 cm³/mol. The minimum absolute atomic E-state index is 0.166. The lowest BCUT2D eigenvalue weighted by atomic mass is 10.1. The van der Waals surface area contributed by atoms with Gasteiger partial charge in [0.1, 0.15) is 17.0 Å². The lowest BCUT2D eigenvalue weighted by Crippen LogP contribution is -1.99. The number of hydrogen-bond acceptors (Lipinski definition) is 5. The van der Waals surface area contributed by atoms with Crippen LogP contribution in [0.1, 0.15) is 18.2 Å². The number of para-hydroxylation sites is 1. The summed E-state index contributed by atoms with van der Waals surface area (Å²) in [5.41, 5.74) is 0.782. The molecule has 5 nitrogen and oxygen atoms in total. The maximum atomic E-state index is 13.8. The van der Waals surface area contributed by atoms with Crippen LogP contribution in [0.2, 0.25) is 0 Å². The van der Waals surface area contributed by atoms with E-state index in [4.69, 9.17) is 9.26 Å². The Hall–Kier alpha value is -2.34. The van der Waals surface area contributed by atoms with E-state index in [9.17, 15) is 4.39 Å². The Kier molecular flexibility index (Phi) is 2.89. The van der Waals surface area contributed by atoms with Gasteiger partial charge in [-0.1, -0.05) is 23.4 Å². The Bertz CT molecular complexity index is 796. The molecule has 0 spiro atoms. The fourth-order valence-corrected chi connectivity index (χ4v) is 2.47. The highest BCUT2D eigenvalue weighted by Crippen LogP contribution is 2.26. The molecule has 1 aliphatic heterocycles. The summed E-state index contributed by atoms with van der Waals surface area (Å²) in [4.78, 5) is 8.64. The van der Waals surface area contributed by atoms with E-state index >= 15 is 0 Å². The molecule has 4 rings (SSSR count). The zero-order chi connectivity index (χ0) is 14.2. The van der Waals surface area contributed by atoms with E-state index in [-0.39, 0.29) is 11.7 Å². The second-order valence-corrected chi connectivity index (χ2v) is 5.03. The smallest absolute Gasteiger partial charge is 0.276 e. The van der Waals surface area contributed by atoms with Gasteiger partial charge in [0, 0.05) is 17.9 Å². The molecule has 0 unspecified atom stereocenters. The van der Waals surface area contributed by atoms with Crippen molar-refractivity contribution in [2.75, 3.05) is 13.2 Å². The lowest BCUT2D eigenvalue weighted by molar-refractivity contribution is 0.192. The van der Waals surface area contributed by atoms with E-state index in [2.05, 4.69) is 15.1 Å². The molecule has 1 aromatic carbocycles. The van der Waals surface area contributed by atoms with Gasteiger partial charge in [-0.3, -0.25) is 0 Å². The Morgan fingerprint density at radius 2 is 2.10 bits per heavy atom. The summed E-state index contributed by atoms with van der Waals surface area (Å²) in [6.45, 7) is 1.33. The van der Waals surface area contributed by atoms with Crippen LogP contribution in [0.25, 0.3) is 22.5 Å². The molecular formula is C15H12FN3O2. The first-order chi connectivity index (χ1) is 10.3. The molecule has 1 fully saturated rings. The van der Waals surface area contributed by atoms with Crippen molar-refractivity contribution in [1.29, 1.82) is 0 Å². The average Bonchev–Trinajstić information content (AvgIpc) is 3.18. The minimum Gasteiger partial charge on any atom is -0.381 e. The molecule has 1 aliphatic rings. The number of halogens is 1. The molecule has 0 aliphatic carbocycles. The maximum absolute atomic E-state index is 13.8. The number of rotatable bonds is 2. The first-order valence-corrected chi connectivity index (χ1v) is 6.78. The molecular weight excluding hydrogens is 273 g/mol. The van der Waals surface area contributed by atoms with Crippen molar-refractivity contribution in [2.24, 2.45) is 0 Å². The van der Waals surface area contributed by atoms with Crippen molar-refractivity contribution in [3.63, 3.8) is 0 Å². The molecule has 6 heteroatoms. The summed E-state index contributed by atoms with van der Waals surface area (Å²) in [7, 11) is 0. The third-order valence-corrected chi connectivity index (χ3v) is 3.63. The molecule has 0 radical (unpaired) electrons. The van der Waals surface area contributed by atoms with E-state index in [1.54, 1.807) is 18.2 Å². The van der Waals surface area contributed by atoms with Crippen LogP contribution in [0, 0.1) is 5.82 Å². The Morgan fingerprint density at radius 1 is 1.14 bits per heavy atom. The van der Waals surface area contributed by atoms with Crippen molar-refractivity contribution in [1.82, 2.24) is 15.1 Å². The van der Waals surface area contributed by atoms with Gasteiger partial charge >= 0.3 is 0 Å². The van der Waals surface area contributed by atoms with E-state index < -0.39 is 0 Å². The molecule has 3 heterocycles. The first kappa shape index (κ1) is 12.4. The van der Waals surface area contributed by atoms with Crippen LogP contribution >= 0.6 is 0 Å². The minimum atomic E-state index is -0.363.